The Morgan fingerprint density at radius 1 is 1.21 bits per heavy atom. The molecule has 1 aromatic rings. The van der Waals surface area contributed by atoms with E-state index in [-0.39, 0.29) is 0 Å². The predicted octanol–water partition coefficient (Wildman–Crippen LogP) is 2.63. The van der Waals surface area contributed by atoms with Gasteiger partial charge in [0.05, 0.1) is 5.04 Å². The van der Waals surface area contributed by atoms with Crippen LogP contribution < -0.4 is 0 Å². The van der Waals surface area contributed by atoms with Crippen LogP contribution in [0.4, 0.5) is 0 Å². The van der Waals surface area contributed by atoms with Gasteiger partial charge in [-0.2, -0.15) is 0 Å². The summed E-state index contributed by atoms with van der Waals surface area (Å²) < 4.78 is 0. The number of pyridine rings is 1. The number of rotatable bonds is 2. The van der Waals surface area contributed by atoms with Crippen molar-refractivity contribution in [2.75, 3.05) is 12.3 Å². The molecule has 2 heterocycles. The second kappa shape index (κ2) is 4.96. The third kappa shape index (κ3) is 2.70. The van der Waals surface area contributed by atoms with Crippen molar-refractivity contribution < 1.29 is 0 Å². The molecule has 2 rings (SSSR count). The van der Waals surface area contributed by atoms with Crippen LogP contribution in [0, 0.1) is 0 Å². The van der Waals surface area contributed by atoms with Crippen molar-refractivity contribution in [3.63, 3.8) is 0 Å². The van der Waals surface area contributed by atoms with Gasteiger partial charge < -0.3 is 0 Å². The highest BCUT2D eigenvalue weighted by Gasteiger charge is 2.00. The van der Waals surface area contributed by atoms with Gasteiger partial charge in [0.15, 0.2) is 0 Å². The summed E-state index contributed by atoms with van der Waals surface area (Å²) >= 11 is 1.83. The highest BCUT2D eigenvalue weighted by molar-refractivity contribution is 8.14. The number of thioether (sulfide) groups is 1. The summed E-state index contributed by atoms with van der Waals surface area (Å²) in [4.78, 5) is 8.39. The fraction of sp³-hybridized carbons (Fsp3) is 0.273. The molecule has 1 aliphatic heterocycles. The van der Waals surface area contributed by atoms with Crippen LogP contribution in [0.1, 0.15) is 12.0 Å². The topological polar surface area (TPSA) is 25.2 Å². The molecular weight excluding hydrogens is 192 g/mol. The van der Waals surface area contributed by atoms with E-state index in [1.54, 1.807) is 12.4 Å². The molecule has 0 aliphatic carbocycles. The Morgan fingerprint density at radius 2 is 2.07 bits per heavy atom. The fourth-order valence-corrected chi connectivity index (χ4v) is 2.05. The van der Waals surface area contributed by atoms with Gasteiger partial charge in [0.25, 0.3) is 0 Å². The van der Waals surface area contributed by atoms with Gasteiger partial charge in [0.1, 0.15) is 0 Å². The Bertz CT molecular complexity index is 344. The van der Waals surface area contributed by atoms with E-state index in [2.05, 4.69) is 22.1 Å². The lowest BCUT2D eigenvalue weighted by Gasteiger charge is -2.06. The van der Waals surface area contributed by atoms with Crippen LogP contribution in [0.3, 0.4) is 0 Å². The maximum absolute atomic E-state index is 4.42. The zero-order valence-corrected chi connectivity index (χ0v) is 8.70. The Morgan fingerprint density at radius 3 is 2.79 bits per heavy atom. The smallest absolute Gasteiger partial charge is 0.0904 e. The van der Waals surface area contributed by atoms with Crippen LogP contribution in [0.25, 0.3) is 6.08 Å². The Kier molecular flexibility index (Phi) is 3.35. The van der Waals surface area contributed by atoms with Crippen LogP contribution in [0.2, 0.25) is 0 Å². The van der Waals surface area contributed by atoms with Gasteiger partial charge in [-0.15, -0.1) is 11.8 Å². The summed E-state index contributed by atoms with van der Waals surface area (Å²) in [7, 11) is 0. The van der Waals surface area contributed by atoms with E-state index < -0.39 is 0 Å². The first kappa shape index (κ1) is 9.46. The zero-order valence-electron chi connectivity index (χ0n) is 7.89. The molecule has 14 heavy (non-hydrogen) atoms. The normalized spacial score (nSPS) is 17.0. The van der Waals surface area contributed by atoms with Crippen molar-refractivity contribution in [2.45, 2.75) is 6.42 Å². The van der Waals surface area contributed by atoms with Gasteiger partial charge in [0.2, 0.25) is 0 Å². The van der Waals surface area contributed by atoms with Gasteiger partial charge in [0, 0.05) is 24.7 Å². The molecule has 72 valence electrons. The van der Waals surface area contributed by atoms with Crippen LogP contribution in [-0.4, -0.2) is 22.3 Å². The molecule has 0 aromatic carbocycles. The molecule has 0 unspecified atom stereocenters. The monoisotopic (exact) mass is 204 g/mol. The molecule has 0 atom stereocenters. The number of nitrogens with zero attached hydrogens (tertiary/aromatic N) is 2. The lowest BCUT2D eigenvalue weighted by atomic mass is 10.2. The average molecular weight is 204 g/mol. The number of aliphatic imine (C=N–C) groups is 1. The van der Waals surface area contributed by atoms with E-state index in [0.717, 1.165) is 11.6 Å². The number of hydrogen-bond donors (Lipinski definition) is 0. The number of aromatic nitrogens is 1. The molecule has 0 N–H and O–H groups in total. The molecule has 0 fully saturated rings. The maximum atomic E-state index is 4.42. The van der Waals surface area contributed by atoms with Gasteiger partial charge >= 0.3 is 0 Å². The van der Waals surface area contributed by atoms with Crippen LogP contribution in [0.5, 0.6) is 0 Å². The molecule has 0 amide bonds. The SMILES string of the molecule is C(=C\c1ccncc1)/C1=NCCCS1. The minimum Gasteiger partial charge on any atom is -0.278 e. The van der Waals surface area contributed by atoms with E-state index in [0.29, 0.717) is 0 Å². The zero-order chi connectivity index (χ0) is 9.64. The molecule has 1 aromatic heterocycles. The molecule has 0 saturated carbocycles. The first-order valence-electron chi connectivity index (χ1n) is 4.70. The Hall–Kier alpha value is -1.09. The summed E-state index contributed by atoms with van der Waals surface area (Å²) in [5.41, 5.74) is 1.17. The van der Waals surface area contributed by atoms with Gasteiger partial charge in [-0.25, -0.2) is 0 Å². The third-order valence-corrected chi connectivity index (χ3v) is 3.00. The lowest BCUT2D eigenvalue weighted by molar-refractivity contribution is 0.940. The second-order valence-corrected chi connectivity index (χ2v) is 4.15. The lowest BCUT2D eigenvalue weighted by Crippen LogP contribution is -2.00. The van der Waals surface area contributed by atoms with E-state index in [1.165, 1.54) is 17.7 Å². The first-order valence-corrected chi connectivity index (χ1v) is 5.69. The van der Waals surface area contributed by atoms with Crippen molar-refractivity contribution >= 4 is 22.9 Å². The summed E-state index contributed by atoms with van der Waals surface area (Å²) in [6, 6.07) is 3.98. The molecule has 0 bridgehead atoms. The highest BCUT2D eigenvalue weighted by Crippen LogP contribution is 2.14. The van der Waals surface area contributed by atoms with Gasteiger partial charge in [-0.3, -0.25) is 9.98 Å². The molecule has 2 nitrogen and oxygen atoms in total. The molecular formula is C11H12N2S. The van der Waals surface area contributed by atoms with E-state index >= 15 is 0 Å². The molecule has 3 heteroatoms. The van der Waals surface area contributed by atoms with Crippen LogP contribution in [0.15, 0.2) is 35.6 Å². The summed E-state index contributed by atoms with van der Waals surface area (Å²) in [5.74, 6) is 1.19. The predicted molar refractivity (Wildman–Crippen MR) is 62.6 cm³/mol. The summed E-state index contributed by atoms with van der Waals surface area (Å²) in [6.07, 6.45) is 8.97. The van der Waals surface area contributed by atoms with Crippen molar-refractivity contribution in [3.05, 3.63) is 36.2 Å². The fourth-order valence-electron chi connectivity index (χ4n) is 1.22. The number of hydrogen-bond acceptors (Lipinski definition) is 3. The average Bonchev–Trinajstić information content (AvgIpc) is 2.29. The van der Waals surface area contributed by atoms with Gasteiger partial charge in [-0.05, 0) is 30.2 Å². The van der Waals surface area contributed by atoms with Crippen molar-refractivity contribution in [1.82, 2.24) is 4.98 Å². The molecule has 0 spiro atoms. The minimum atomic E-state index is 0.975. The first-order chi connectivity index (χ1) is 6.95. The van der Waals surface area contributed by atoms with E-state index in [4.69, 9.17) is 0 Å². The summed E-state index contributed by atoms with van der Waals surface area (Å²) in [6.45, 7) is 0.975. The van der Waals surface area contributed by atoms with Crippen LogP contribution in [-0.2, 0) is 0 Å². The third-order valence-electron chi connectivity index (χ3n) is 1.94. The minimum absolute atomic E-state index is 0.975. The van der Waals surface area contributed by atoms with E-state index in [1.807, 2.05) is 23.9 Å². The largest absolute Gasteiger partial charge is 0.278 e. The Balaban J connectivity index is 2.03. The highest BCUT2D eigenvalue weighted by atomic mass is 32.2. The molecule has 0 saturated heterocycles. The van der Waals surface area contributed by atoms with Crippen molar-refractivity contribution in [2.24, 2.45) is 4.99 Å². The quantitative estimate of drug-likeness (QED) is 0.740. The maximum Gasteiger partial charge on any atom is 0.0904 e. The second-order valence-electron chi connectivity index (χ2n) is 3.04. The van der Waals surface area contributed by atoms with Crippen LogP contribution >= 0.6 is 11.8 Å². The van der Waals surface area contributed by atoms with Crippen molar-refractivity contribution in [1.29, 1.82) is 0 Å². The van der Waals surface area contributed by atoms with Crippen molar-refractivity contribution in [3.8, 4) is 0 Å². The van der Waals surface area contributed by atoms with E-state index in [9.17, 15) is 0 Å². The Labute approximate surface area is 88.2 Å². The standard InChI is InChI=1S/C11H12N2S/c1-6-13-11(14-9-1)3-2-10-4-7-12-8-5-10/h2-5,7-8H,1,6,9H2/b3-2+. The van der Waals surface area contributed by atoms with Gasteiger partial charge in [-0.1, -0.05) is 6.08 Å². The molecule has 0 radical (unpaired) electrons. The molecule has 1 aliphatic rings. The summed E-state index contributed by atoms with van der Waals surface area (Å²) in [5, 5.41) is 1.15.